The summed E-state index contributed by atoms with van der Waals surface area (Å²) >= 11 is 0. The SMILES string of the molecule is Cc1c(CN2CCN(C(=O)N3CCCCC3)[C@@H](C)C2)cc(C#N)cc1NC(=O)CC1CC(F)(F)C1. The number of hydrogen-bond acceptors (Lipinski definition) is 4. The molecule has 1 aliphatic carbocycles. The Morgan fingerprint density at radius 1 is 1.14 bits per heavy atom. The number of anilines is 1. The summed E-state index contributed by atoms with van der Waals surface area (Å²) in [6.45, 7) is 8.38. The first kappa shape index (κ1) is 25.4. The van der Waals surface area contributed by atoms with E-state index in [2.05, 4.69) is 23.2 Å². The molecule has 0 spiro atoms. The molecule has 1 N–H and O–H groups in total. The number of alkyl halides is 2. The Labute approximate surface area is 206 Å². The van der Waals surface area contributed by atoms with E-state index in [-0.39, 0.29) is 43.2 Å². The lowest BCUT2D eigenvalue weighted by Crippen LogP contribution is -2.57. The Morgan fingerprint density at radius 2 is 1.86 bits per heavy atom. The molecular weight excluding hydrogens is 452 g/mol. The van der Waals surface area contributed by atoms with Crippen LogP contribution in [0.3, 0.4) is 0 Å². The van der Waals surface area contributed by atoms with E-state index in [4.69, 9.17) is 0 Å². The third kappa shape index (κ3) is 6.10. The molecule has 35 heavy (non-hydrogen) atoms. The molecule has 3 fully saturated rings. The average Bonchev–Trinajstić information content (AvgIpc) is 2.80. The van der Waals surface area contributed by atoms with Crippen LogP contribution in [0.25, 0.3) is 0 Å². The smallest absolute Gasteiger partial charge is 0.320 e. The van der Waals surface area contributed by atoms with E-state index in [0.717, 1.165) is 50.1 Å². The fourth-order valence-corrected chi connectivity index (χ4v) is 5.49. The van der Waals surface area contributed by atoms with E-state index >= 15 is 0 Å². The molecule has 1 atom stereocenters. The fraction of sp³-hybridized carbons (Fsp3) is 0.654. The molecule has 3 amide bonds. The van der Waals surface area contributed by atoms with Crippen LogP contribution in [0.2, 0.25) is 0 Å². The van der Waals surface area contributed by atoms with E-state index in [0.29, 0.717) is 24.3 Å². The summed E-state index contributed by atoms with van der Waals surface area (Å²) in [5.41, 5.74) is 2.82. The summed E-state index contributed by atoms with van der Waals surface area (Å²) in [4.78, 5) is 31.6. The van der Waals surface area contributed by atoms with Gasteiger partial charge in [-0.1, -0.05) is 0 Å². The summed E-state index contributed by atoms with van der Waals surface area (Å²) in [6.07, 6.45) is 2.90. The van der Waals surface area contributed by atoms with Gasteiger partial charge in [0.1, 0.15) is 0 Å². The average molecular weight is 488 g/mol. The molecule has 2 saturated heterocycles. The molecule has 3 aliphatic rings. The maximum absolute atomic E-state index is 13.1. The first-order chi connectivity index (χ1) is 16.6. The third-order valence-corrected chi connectivity index (χ3v) is 7.54. The minimum Gasteiger partial charge on any atom is -0.326 e. The lowest BCUT2D eigenvalue weighted by Gasteiger charge is -2.42. The second-order valence-electron chi connectivity index (χ2n) is 10.4. The second-order valence-corrected chi connectivity index (χ2v) is 10.4. The molecule has 1 aromatic carbocycles. The van der Waals surface area contributed by atoms with E-state index < -0.39 is 5.92 Å². The van der Waals surface area contributed by atoms with Crippen molar-refractivity contribution in [3.8, 4) is 6.07 Å². The van der Waals surface area contributed by atoms with E-state index in [9.17, 15) is 23.6 Å². The molecule has 9 heteroatoms. The van der Waals surface area contributed by atoms with Crippen molar-refractivity contribution in [3.63, 3.8) is 0 Å². The van der Waals surface area contributed by atoms with Crippen LogP contribution in [0.4, 0.5) is 19.3 Å². The third-order valence-electron chi connectivity index (χ3n) is 7.54. The van der Waals surface area contributed by atoms with Gasteiger partial charge >= 0.3 is 6.03 Å². The van der Waals surface area contributed by atoms with Crippen LogP contribution in [0.1, 0.15) is 62.1 Å². The Kier molecular flexibility index (Phi) is 7.60. The zero-order chi connectivity index (χ0) is 25.2. The van der Waals surface area contributed by atoms with E-state index in [1.165, 1.54) is 6.42 Å². The second kappa shape index (κ2) is 10.5. The minimum atomic E-state index is -2.64. The Bertz CT molecular complexity index is 994. The topological polar surface area (TPSA) is 79.7 Å². The van der Waals surface area contributed by atoms with Crippen molar-refractivity contribution in [2.45, 2.75) is 70.9 Å². The molecule has 0 bridgehead atoms. The molecule has 190 valence electrons. The number of nitriles is 1. The summed E-state index contributed by atoms with van der Waals surface area (Å²) < 4.78 is 26.2. The van der Waals surface area contributed by atoms with Gasteiger partial charge in [0.2, 0.25) is 11.8 Å². The van der Waals surface area contributed by atoms with Crippen LogP contribution in [0, 0.1) is 24.2 Å². The van der Waals surface area contributed by atoms with Gasteiger partial charge in [0, 0.05) is 70.3 Å². The van der Waals surface area contributed by atoms with Crippen molar-refractivity contribution in [1.29, 1.82) is 5.26 Å². The van der Waals surface area contributed by atoms with Crippen LogP contribution in [0.5, 0.6) is 0 Å². The Morgan fingerprint density at radius 3 is 2.49 bits per heavy atom. The molecule has 0 radical (unpaired) electrons. The number of urea groups is 1. The largest absolute Gasteiger partial charge is 0.326 e. The highest BCUT2D eigenvalue weighted by Crippen LogP contribution is 2.44. The standard InChI is InChI=1S/C26H35F2N5O2/c1-18-16-31(8-9-33(18)25(35)32-6-4-3-5-7-32)17-22-10-20(15-29)11-23(19(22)2)30-24(34)12-21-13-26(27,28)14-21/h10-11,18,21H,3-9,12-14,16-17H2,1-2H3,(H,30,34)/t18-/m0/s1. The maximum atomic E-state index is 13.1. The zero-order valence-corrected chi connectivity index (χ0v) is 20.7. The molecule has 0 unspecified atom stereocenters. The number of piperidine rings is 1. The summed E-state index contributed by atoms with van der Waals surface area (Å²) in [5, 5.41) is 12.4. The normalized spacial score (nSPS) is 22.9. The van der Waals surface area contributed by atoms with Crippen LogP contribution in [0.15, 0.2) is 12.1 Å². The van der Waals surface area contributed by atoms with Crippen molar-refractivity contribution in [2.24, 2.45) is 5.92 Å². The molecule has 0 aromatic heterocycles. The van der Waals surface area contributed by atoms with Crippen molar-refractivity contribution in [2.75, 3.05) is 38.0 Å². The lowest BCUT2D eigenvalue weighted by atomic mass is 9.79. The molecule has 2 aliphatic heterocycles. The number of carbonyl (C=O) groups is 2. The van der Waals surface area contributed by atoms with Crippen molar-refractivity contribution in [3.05, 3.63) is 28.8 Å². The molecule has 2 heterocycles. The van der Waals surface area contributed by atoms with E-state index in [1.807, 2.05) is 22.8 Å². The summed E-state index contributed by atoms with van der Waals surface area (Å²) in [7, 11) is 0. The lowest BCUT2D eigenvalue weighted by molar-refractivity contribution is -0.129. The first-order valence-electron chi connectivity index (χ1n) is 12.6. The fourth-order valence-electron chi connectivity index (χ4n) is 5.49. The molecule has 7 nitrogen and oxygen atoms in total. The number of halogens is 2. The predicted molar refractivity (Wildman–Crippen MR) is 129 cm³/mol. The number of likely N-dealkylation sites (tertiary alicyclic amines) is 1. The van der Waals surface area contributed by atoms with Gasteiger partial charge in [0.25, 0.3) is 0 Å². The summed E-state index contributed by atoms with van der Waals surface area (Å²) in [6, 6.07) is 5.86. The van der Waals surface area contributed by atoms with Gasteiger partial charge in [-0.05, 0) is 62.3 Å². The number of rotatable bonds is 5. The maximum Gasteiger partial charge on any atom is 0.320 e. The number of benzene rings is 1. The van der Waals surface area contributed by atoms with E-state index in [1.54, 1.807) is 6.07 Å². The number of piperazine rings is 1. The van der Waals surface area contributed by atoms with Crippen LogP contribution >= 0.6 is 0 Å². The predicted octanol–water partition coefficient (Wildman–Crippen LogP) is 4.35. The van der Waals surface area contributed by atoms with Gasteiger partial charge in [0.15, 0.2) is 0 Å². The van der Waals surface area contributed by atoms with Crippen LogP contribution < -0.4 is 5.32 Å². The van der Waals surface area contributed by atoms with Gasteiger partial charge in [0.05, 0.1) is 11.6 Å². The quantitative estimate of drug-likeness (QED) is 0.670. The number of nitrogens with zero attached hydrogens (tertiary/aromatic N) is 4. The molecule has 1 aromatic rings. The minimum absolute atomic E-state index is 0.0612. The Hall–Kier alpha value is -2.73. The van der Waals surface area contributed by atoms with Gasteiger partial charge in [-0.15, -0.1) is 0 Å². The molecule has 4 rings (SSSR count). The number of nitrogens with one attached hydrogen (secondary N) is 1. The zero-order valence-electron chi connectivity index (χ0n) is 20.7. The molecular formula is C26H35F2N5O2. The van der Waals surface area contributed by atoms with Crippen LogP contribution in [-0.4, -0.2) is 71.3 Å². The van der Waals surface area contributed by atoms with Crippen molar-refractivity contribution < 1.29 is 18.4 Å². The highest BCUT2D eigenvalue weighted by molar-refractivity contribution is 5.92. The van der Waals surface area contributed by atoms with Crippen molar-refractivity contribution in [1.82, 2.24) is 14.7 Å². The monoisotopic (exact) mass is 487 g/mol. The van der Waals surface area contributed by atoms with Gasteiger partial charge in [-0.3, -0.25) is 9.69 Å². The highest BCUT2D eigenvalue weighted by Gasteiger charge is 2.45. The van der Waals surface area contributed by atoms with Crippen molar-refractivity contribution >= 4 is 17.6 Å². The summed E-state index contributed by atoms with van der Waals surface area (Å²) in [5.74, 6) is -3.24. The highest BCUT2D eigenvalue weighted by atomic mass is 19.3. The van der Waals surface area contributed by atoms with Crippen LogP contribution in [-0.2, 0) is 11.3 Å². The van der Waals surface area contributed by atoms with Gasteiger partial charge in [-0.2, -0.15) is 5.26 Å². The number of hydrogen-bond donors (Lipinski definition) is 1. The number of carbonyl (C=O) groups excluding carboxylic acids is 2. The molecule has 1 saturated carbocycles. The Balaban J connectivity index is 1.37. The number of amides is 3. The van der Waals surface area contributed by atoms with Gasteiger partial charge in [-0.25, -0.2) is 13.6 Å². The first-order valence-corrected chi connectivity index (χ1v) is 12.6. The van der Waals surface area contributed by atoms with Gasteiger partial charge < -0.3 is 15.1 Å².